The quantitative estimate of drug-likeness (QED) is 0.674. The number of carbonyl (C=O) groups is 2. The topological polar surface area (TPSA) is 67.4 Å². The molecule has 4 rings (SSSR count). The third kappa shape index (κ3) is 4.54. The van der Waals surface area contributed by atoms with Crippen molar-refractivity contribution < 1.29 is 14.3 Å². The van der Waals surface area contributed by atoms with Gasteiger partial charge in [-0.2, -0.15) is 0 Å². The number of nitrogens with one attached hydrogen (secondary N) is 2. The van der Waals surface area contributed by atoms with Gasteiger partial charge in [-0.15, -0.1) is 0 Å². The van der Waals surface area contributed by atoms with Crippen molar-refractivity contribution in [2.45, 2.75) is 43.5 Å². The van der Waals surface area contributed by atoms with Gasteiger partial charge in [0.2, 0.25) is 0 Å². The Balaban J connectivity index is 1.50. The van der Waals surface area contributed by atoms with E-state index in [1.165, 1.54) is 18.2 Å². The molecule has 1 fully saturated rings. The highest BCUT2D eigenvalue weighted by Gasteiger charge is 2.25. The van der Waals surface area contributed by atoms with E-state index >= 15 is 0 Å². The van der Waals surface area contributed by atoms with Gasteiger partial charge in [0, 0.05) is 16.5 Å². The van der Waals surface area contributed by atoms with Crippen LogP contribution in [-0.4, -0.2) is 25.0 Å². The lowest BCUT2D eigenvalue weighted by Gasteiger charge is -2.29. The summed E-state index contributed by atoms with van der Waals surface area (Å²) >= 11 is 1.41. The molecule has 2 aromatic carbocycles. The zero-order chi connectivity index (χ0) is 21.1. The average molecular weight is 423 g/mol. The standard InChI is InChI=1S/C24H26N2O3S/c1-15-6-3-4-9-19(15)25-23(27)17-10-11-21-20(14-17)26-24(28)22(30-21)13-16-7-5-8-18(12-16)29-2/h5,7-8,10-15,19H,3-4,6,9H2,1-2H3,(H,25,27)(H,26,28)/b22-13+/t15-,19-/m1/s1. The molecular weight excluding hydrogens is 396 g/mol. The molecule has 0 spiro atoms. The Hall–Kier alpha value is -2.73. The number of rotatable bonds is 4. The fourth-order valence-electron chi connectivity index (χ4n) is 3.97. The van der Waals surface area contributed by atoms with E-state index in [0.717, 1.165) is 35.5 Å². The van der Waals surface area contributed by atoms with Gasteiger partial charge < -0.3 is 15.4 Å². The summed E-state index contributed by atoms with van der Waals surface area (Å²) in [5.74, 6) is 0.996. The average Bonchev–Trinajstić information content (AvgIpc) is 2.75. The number of hydrogen-bond acceptors (Lipinski definition) is 4. The van der Waals surface area contributed by atoms with E-state index in [-0.39, 0.29) is 17.9 Å². The van der Waals surface area contributed by atoms with Crippen molar-refractivity contribution in [3.63, 3.8) is 0 Å². The smallest absolute Gasteiger partial charge is 0.262 e. The molecule has 2 N–H and O–H groups in total. The normalized spacial score (nSPS) is 22.2. The lowest BCUT2D eigenvalue weighted by atomic mass is 9.86. The minimum atomic E-state index is -0.172. The fraction of sp³-hybridized carbons (Fsp3) is 0.333. The van der Waals surface area contributed by atoms with Gasteiger partial charge in [-0.1, -0.05) is 43.7 Å². The SMILES string of the molecule is COc1cccc(/C=C2/Sc3ccc(C(=O)N[C@@H]4CCCC[C@H]4C)cc3NC2=O)c1. The predicted molar refractivity (Wildman–Crippen MR) is 121 cm³/mol. The summed E-state index contributed by atoms with van der Waals surface area (Å²) in [6.45, 7) is 2.20. The largest absolute Gasteiger partial charge is 0.497 e. The van der Waals surface area contributed by atoms with E-state index < -0.39 is 0 Å². The molecular formula is C24H26N2O3S. The molecule has 2 aliphatic rings. The number of methoxy groups -OCH3 is 1. The van der Waals surface area contributed by atoms with Crippen molar-refractivity contribution in [1.82, 2.24) is 5.32 Å². The fourth-order valence-corrected chi connectivity index (χ4v) is 4.90. The number of thioether (sulfide) groups is 1. The van der Waals surface area contributed by atoms with Crippen LogP contribution in [-0.2, 0) is 4.79 Å². The third-order valence-electron chi connectivity index (χ3n) is 5.75. The highest BCUT2D eigenvalue weighted by atomic mass is 32.2. The first-order valence-corrected chi connectivity index (χ1v) is 11.1. The van der Waals surface area contributed by atoms with Gasteiger partial charge in [0.1, 0.15) is 5.75 Å². The molecule has 1 saturated carbocycles. The molecule has 0 bridgehead atoms. The second kappa shape index (κ2) is 8.96. The number of amides is 2. The maximum absolute atomic E-state index is 12.7. The predicted octanol–water partition coefficient (Wildman–Crippen LogP) is 5.09. The monoisotopic (exact) mass is 422 g/mol. The first kappa shape index (κ1) is 20.5. The van der Waals surface area contributed by atoms with Crippen molar-refractivity contribution in [3.05, 3.63) is 58.5 Å². The van der Waals surface area contributed by atoms with Gasteiger partial charge >= 0.3 is 0 Å². The van der Waals surface area contributed by atoms with Crippen molar-refractivity contribution in [1.29, 1.82) is 0 Å². The van der Waals surface area contributed by atoms with Gasteiger partial charge in [0.05, 0.1) is 17.7 Å². The third-order valence-corrected chi connectivity index (χ3v) is 6.85. The summed E-state index contributed by atoms with van der Waals surface area (Å²) < 4.78 is 5.25. The second-order valence-electron chi connectivity index (χ2n) is 7.89. The van der Waals surface area contributed by atoms with Crippen LogP contribution in [0.15, 0.2) is 52.3 Å². The van der Waals surface area contributed by atoms with Gasteiger partial charge in [0.25, 0.3) is 11.8 Å². The molecule has 5 nitrogen and oxygen atoms in total. The zero-order valence-corrected chi connectivity index (χ0v) is 18.1. The van der Waals surface area contributed by atoms with Crippen molar-refractivity contribution in [2.75, 3.05) is 12.4 Å². The van der Waals surface area contributed by atoms with Crippen LogP contribution in [0.3, 0.4) is 0 Å². The van der Waals surface area contributed by atoms with Crippen LogP contribution < -0.4 is 15.4 Å². The number of carbonyl (C=O) groups excluding carboxylic acids is 2. The number of anilines is 1. The molecule has 0 unspecified atom stereocenters. The molecule has 1 aliphatic carbocycles. The highest BCUT2D eigenvalue weighted by Crippen LogP contribution is 2.39. The Labute approximate surface area is 181 Å². The molecule has 156 valence electrons. The summed E-state index contributed by atoms with van der Waals surface area (Å²) in [6, 6.07) is 13.3. The summed E-state index contributed by atoms with van der Waals surface area (Å²) in [6.07, 6.45) is 6.43. The van der Waals surface area contributed by atoms with E-state index in [1.807, 2.05) is 42.5 Å². The number of fused-ring (bicyclic) bond motifs is 1. The molecule has 1 heterocycles. The van der Waals surface area contributed by atoms with E-state index in [0.29, 0.717) is 22.1 Å². The molecule has 30 heavy (non-hydrogen) atoms. The summed E-state index contributed by atoms with van der Waals surface area (Å²) in [5.41, 5.74) is 2.15. The van der Waals surface area contributed by atoms with Gasteiger partial charge in [-0.05, 0) is 60.7 Å². The van der Waals surface area contributed by atoms with Crippen molar-refractivity contribution in [3.8, 4) is 5.75 Å². The first-order chi connectivity index (χ1) is 14.5. The molecule has 6 heteroatoms. The van der Waals surface area contributed by atoms with Crippen LogP contribution >= 0.6 is 11.8 Å². The van der Waals surface area contributed by atoms with Crippen LogP contribution in [0.2, 0.25) is 0 Å². The molecule has 2 amide bonds. The zero-order valence-electron chi connectivity index (χ0n) is 17.2. The Morgan fingerprint density at radius 2 is 2.03 bits per heavy atom. The van der Waals surface area contributed by atoms with Crippen LogP contribution in [0.5, 0.6) is 5.75 Å². The molecule has 2 aromatic rings. The molecule has 1 aliphatic heterocycles. The number of benzene rings is 2. The van der Waals surface area contributed by atoms with E-state index in [4.69, 9.17) is 4.74 Å². The van der Waals surface area contributed by atoms with Crippen LogP contribution in [0.25, 0.3) is 6.08 Å². The van der Waals surface area contributed by atoms with Gasteiger partial charge in [-0.3, -0.25) is 9.59 Å². The lowest BCUT2D eigenvalue weighted by Crippen LogP contribution is -2.41. The lowest BCUT2D eigenvalue weighted by molar-refractivity contribution is -0.112. The first-order valence-electron chi connectivity index (χ1n) is 10.3. The Morgan fingerprint density at radius 3 is 2.83 bits per heavy atom. The number of hydrogen-bond donors (Lipinski definition) is 2. The second-order valence-corrected chi connectivity index (χ2v) is 8.98. The minimum Gasteiger partial charge on any atom is -0.497 e. The molecule has 0 saturated heterocycles. The van der Waals surface area contributed by atoms with Gasteiger partial charge in [0.15, 0.2) is 0 Å². The Morgan fingerprint density at radius 1 is 1.20 bits per heavy atom. The minimum absolute atomic E-state index is 0.0754. The van der Waals surface area contributed by atoms with Crippen molar-refractivity contribution in [2.24, 2.45) is 5.92 Å². The maximum atomic E-state index is 12.7. The summed E-state index contributed by atoms with van der Waals surface area (Å²) in [7, 11) is 1.62. The van der Waals surface area contributed by atoms with E-state index in [9.17, 15) is 9.59 Å². The number of ether oxygens (including phenoxy) is 1. The van der Waals surface area contributed by atoms with Crippen LogP contribution in [0.4, 0.5) is 5.69 Å². The van der Waals surface area contributed by atoms with E-state index in [2.05, 4.69) is 17.6 Å². The Kier molecular flexibility index (Phi) is 6.13. The summed E-state index contributed by atoms with van der Waals surface area (Å²) in [5, 5.41) is 6.10. The highest BCUT2D eigenvalue weighted by molar-refractivity contribution is 8.04. The molecule has 0 aromatic heterocycles. The molecule has 0 radical (unpaired) electrons. The van der Waals surface area contributed by atoms with E-state index in [1.54, 1.807) is 13.2 Å². The Bertz CT molecular complexity index is 1000. The van der Waals surface area contributed by atoms with Crippen molar-refractivity contribution >= 4 is 35.3 Å². The van der Waals surface area contributed by atoms with Crippen LogP contribution in [0, 0.1) is 5.92 Å². The summed E-state index contributed by atoms with van der Waals surface area (Å²) in [4.78, 5) is 26.9. The van der Waals surface area contributed by atoms with Gasteiger partial charge in [-0.25, -0.2) is 0 Å². The van der Waals surface area contributed by atoms with Crippen LogP contribution in [0.1, 0.15) is 48.5 Å². The maximum Gasteiger partial charge on any atom is 0.262 e. The molecule has 2 atom stereocenters.